The molecule has 0 bridgehead atoms. The van der Waals surface area contributed by atoms with Crippen LogP contribution in [0.2, 0.25) is 0 Å². The van der Waals surface area contributed by atoms with E-state index >= 15 is 0 Å². The van der Waals surface area contributed by atoms with Crippen molar-refractivity contribution in [2.45, 2.75) is 109 Å². The van der Waals surface area contributed by atoms with Gasteiger partial charge in [0, 0.05) is 73.9 Å². The summed E-state index contributed by atoms with van der Waals surface area (Å²) in [6.45, 7) is 0. The van der Waals surface area contributed by atoms with Gasteiger partial charge in [0.15, 0.2) is 0 Å². The number of rotatable bonds is 6. The topological polar surface area (TPSA) is 142 Å². The lowest BCUT2D eigenvalue weighted by molar-refractivity contribution is -0.432. The molecular weight excluding hydrogens is 712 g/mol. The zero-order valence-corrected chi connectivity index (χ0v) is 28.1. The lowest BCUT2D eigenvalue weighted by Crippen LogP contribution is -2.59. The maximum absolute atomic E-state index is 12.1. The fourth-order valence-electron chi connectivity index (χ4n) is 9.10. The summed E-state index contributed by atoms with van der Waals surface area (Å²) in [6.07, 6.45) is 11.2. The molecule has 14 heteroatoms. The van der Waals surface area contributed by atoms with Gasteiger partial charge < -0.3 is 0 Å². The Morgan fingerprint density at radius 1 is 0.762 bits per heavy atom. The van der Waals surface area contributed by atoms with E-state index in [4.69, 9.17) is 29.6 Å². The van der Waals surface area contributed by atoms with Gasteiger partial charge in [-0.3, -0.25) is 14.5 Å². The monoisotopic (exact) mass is 748 g/mol. The van der Waals surface area contributed by atoms with Crippen LogP contribution < -0.4 is 0 Å². The molecule has 0 aromatic rings. The highest BCUT2D eigenvalue weighted by Gasteiger charge is 2.56. The highest BCUT2D eigenvalue weighted by Crippen LogP contribution is 2.52. The first kappa shape index (κ1) is 30.4. The number of aliphatic imine (C=N–C) groups is 4. The Kier molecular flexibility index (Phi) is 8.83. The quantitative estimate of drug-likeness (QED) is 0.110. The molecule has 0 radical (unpaired) electrons. The van der Waals surface area contributed by atoms with E-state index < -0.39 is 15.4 Å². The van der Waals surface area contributed by atoms with E-state index in [-0.39, 0.29) is 50.7 Å². The number of halogens is 2. The first-order valence-corrected chi connectivity index (χ1v) is 19.6. The number of fused-ring (bicyclic) bond motifs is 2. The van der Waals surface area contributed by atoms with Crippen molar-refractivity contribution in [2.75, 3.05) is 0 Å². The molecule has 7 aliphatic rings. The minimum Gasteiger partial charge on any atom is -0.285 e. The molecule has 2 N–H and O–H groups in total. The van der Waals surface area contributed by atoms with Crippen molar-refractivity contribution < 1.29 is 27.6 Å². The molecule has 232 valence electrons. The summed E-state index contributed by atoms with van der Waals surface area (Å²) in [5, 5.41) is 11.9. The second-order valence-corrected chi connectivity index (χ2v) is 18.1. The van der Waals surface area contributed by atoms with Crippen LogP contribution in [0.15, 0.2) is 20.0 Å². The molecule has 12 unspecified atom stereocenters. The Bertz CT molecular complexity index is 1310. The number of alkyl halides is 2. The third-order valence-corrected chi connectivity index (χ3v) is 16.1. The van der Waals surface area contributed by atoms with Crippen molar-refractivity contribution in [3.63, 3.8) is 0 Å². The molecular formula is C28H38Br2N4O6S2. The molecule has 5 fully saturated rings. The predicted octanol–water partition coefficient (Wildman–Crippen LogP) is 6.10. The van der Waals surface area contributed by atoms with E-state index in [0.717, 1.165) is 87.9 Å². The van der Waals surface area contributed by atoms with Crippen LogP contribution in [0.1, 0.15) is 77.0 Å². The average molecular weight is 751 g/mol. The number of hydrogen-bond donors (Lipinski definition) is 2. The number of hydrogen-bond acceptors (Lipinski definition) is 10. The lowest BCUT2D eigenvalue weighted by Gasteiger charge is -2.53. The van der Waals surface area contributed by atoms with Gasteiger partial charge in [0.1, 0.15) is 11.7 Å². The molecule has 5 aliphatic carbocycles. The first-order chi connectivity index (χ1) is 20.2. The standard InChI is InChI=1S/C28H38Br2N4O6S2/c29-17-9-7-13(11-21(17)41-40-39-35)27-31-19-5-1-4-16-23(19)25(33-27)15-3-2-6-20-24(15)26(16)34-28(32-20)14-8-10-18(30)22(12-14)42(36,37)38/h13-24,35H,1-12H2,(H,36,37,38). The Morgan fingerprint density at radius 3 is 1.86 bits per heavy atom. The molecule has 7 rings (SSSR count). The fraction of sp³-hybridized carbons (Fsp3) is 0.857. The molecule has 0 saturated heterocycles. The normalized spacial score (nSPS) is 45.0. The van der Waals surface area contributed by atoms with Crippen molar-refractivity contribution in [3.8, 4) is 0 Å². The van der Waals surface area contributed by atoms with E-state index in [1.165, 1.54) is 11.4 Å². The van der Waals surface area contributed by atoms with Crippen LogP contribution in [0.25, 0.3) is 0 Å². The van der Waals surface area contributed by atoms with Gasteiger partial charge >= 0.3 is 0 Å². The van der Waals surface area contributed by atoms with Gasteiger partial charge in [-0.05, 0) is 64.2 Å². The minimum absolute atomic E-state index is 0.0550. The molecule has 0 amide bonds. The van der Waals surface area contributed by atoms with Gasteiger partial charge in [-0.15, -0.1) is 4.33 Å². The van der Waals surface area contributed by atoms with Gasteiger partial charge in [-0.25, -0.2) is 15.2 Å². The fourth-order valence-corrected chi connectivity index (χ4v) is 12.8. The van der Waals surface area contributed by atoms with Crippen molar-refractivity contribution in [2.24, 2.45) is 55.5 Å². The predicted molar refractivity (Wildman–Crippen MR) is 171 cm³/mol. The Labute approximate surface area is 268 Å². The second-order valence-electron chi connectivity index (χ2n) is 13.2. The smallest absolute Gasteiger partial charge is 0.268 e. The molecule has 2 aliphatic heterocycles. The molecule has 42 heavy (non-hydrogen) atoms. The third-order valence-electron chi connectivity index (χ3n) is 11.0. The van der Waals surface area contributed by atoms with Gasteiger partial charge in [0.2, 0.25) is 0 Å². The summed E-state index contributed by atoms with van der Waals surface area (Å²) < 4.78 is 39.0. The molecule has 5 saturated carbocycles. The van der Waals surface area contributed by atoms with Crippen LogP contribution in [-0.4, -0.2) is 73.6 Å². The maximum atomic E-state index is 12.1. The Hall–Kier alpha value is -0.220. The SMILES string of the molecule is O=S(=O)(O)C1CC(C2=NC3CCCC4C5=NC(C6CCC(Br)C(SOOO)C6)=NC6CCCC(C(=N2)C34)C56)CCC1Br. The van der Waals surface area contributed by atoms with Crippen LogP contribution >= 0.6 is 43.9 Å². The summed E-state index contributed by atoms with van der Waals surface area (Å²) in [4.78, 5) is 21.4. The van der Waals surface area contributed by atoms with Gasteiger partial charge in [0.05, 0.1) is 17.3 Å². The van der Waals surface area contributed by atoms with Crippen LogP contribution in [0.3, 0.4) is 0 Å². The third kappa shape index (κ3) is 5.55. The summed E-state index contributed by atoms with van der Waals surface area (Å²) in [5.41, 5.74) is 2.62. The highest BCUT2D eigenvalue weighted by atomic mass is 79.9. The average Bonchev–Trinajstić information content (AvgIpc) is 2.98. The molecule has 0 aromatic heterocycles. The van der Waals surface area contributed by atoms with Gasteiger partial charge in [0.25, 0.3) is 10.1 Å². The maximum Gasteiger partial charge on any atom is 0.268 e. The molecule has 0 aromatic carbocycles. The van der Waals surface area contributed by atoms with Crippen LogP contribution in [-0.2, 0) is 19.5 Å². The van der Waals surface area contributed by atoms with Crippen molar-refractivity contribution in [1.82, 2.24) is 0 Å². The van der Waals surface area contributed by atoms with Crippen molar-refractivity contribution in [3.05, 3.63) is 0 Å². The molecule has 12 atom stereocenters. The van der Waals surface area contributed by atoms with Gasteiger partial charge in [-0.1, -0.05) is 49.7 Å². The van der Waals surface area contributed by atoms with Crippen molar-refractivity contribution in [1.29, 1.82) is 0 Å². The van der Waals surface area contributed by atoms with E-state index in [9.17, 15) is 13.0 Å². The van der Waals surface area contributed by atoms with Crippen LogP contribution in [0.4, 0.5) is 0 Å². The Balaban J connectivity index is 1.19. The Morgan fingerprint density at radius 2 is 1.31 bits per heavy atom. The van der Waals surface area contributed by atoms with Crippen molar-refractivity contribution >= 4 is 77.1 Å². The molecule has 2 heterocycles. The van der Waals surface area contributed by atoms with Crippen LogP contribution in [0, 0.1) is 35.5 Å². The highest BCUT2D eigenvalue weighted by molar-refractivity contribution is 9.09. The zero-order chi connectivity index (χ0) is 29.2. The molecule has 0 spiro atoms. The van der Waals surface area contributed by atoms with E-state index in [0.29, 0.717) is 24.7 Å². The zero-order valence-electron chi connectivity index (χ0n) is 23.3. The van der Waals surface area contributed by atoms with Gasteiger partial charge in [-0.2, -0.15) is 8.42 Å². The molecule has 10 nitrogen and oxygen atoms in total. The first-order valence-electron chi connectivity index (χ1n) is 15.4. The van der Waals surface area contributed by atoms with E-state index in [1.54, 1.807) is 0 Å². The number of amidine groups is 2. The van der Waals surface area contributed by atoms with Crippen LogP contribution in [0.5, 0.6) is 0 Å². The van der Waals surface area contributed by atoms with E-state index in [1.807, 2.05) is 0 Å². The van der Waals surface area contributed by atoms with E-state index in [2.05, 4.69) is 36.9 Å². The summed E-state index contributed by atoms with van der Waals surface area (Å²) in [7, 11) is -4.15. The summed E-state index contributed by atoms with van der Waals surface area (Å²) in [5.74, 6) is 3.18. The number of nitrogens with zero attached hydrogens (tertiary/aromatic N) is 4. The lowest BCUT2D eigenvalue weighted by atomic mass is 9.54. The largest absolute Gasteiger partial charge is 0.285 e. The summed E-state index contributed by atoms with van der Waals surface area (Å²) in [6, 6.07) is 0.374. The summed E-state index contributed by atoms with van der Waals surface area (Å²) >= 11 is 8.42. The minimum atomic E-state index is -4.15. The second kappa shape index (κ2) is 12.2.